The average molecular weight is 252 g/mol. The summed E-state index contributed by atoms with van der Waals surface area (Å²) in [5, 5.41) is 8.51. The first-order valence-corrected chi connectivity index (χ1v) is 4.15. The van der Waals surface area contributed by atoms with E-state index >= 15 is 0 Å². The maximum Gasteiger partial charge on any atom is 0.433 e. The molecule has 92 valence electrons. The van der Waals surface area contributed by atoms with E-state index in [1.807, 2.05) is 0 Å². The Morgan fingerprint density at radius 2 is 2.00 bits per heavy atom. The number of nitriles is 1. The molecule has 1 aromatic rings. The van der Waals surface area contributed by atoms with Gasteiger partial charge >= 0.3 is 6.18 Å². The van der Waals surface area contributed by atoms with Gasteiger partial charge < -0.3 is 4.74 Å². The van der Waals surface area contributed by atoms with Gasteiger partial charge in [-0.2, -0.15) is 18.4 Å². The normalized spacial score (nSPS) is 11.4. The summed E-state index contributed by atoms with van der Waals surface area (Å²) >= 11 is 0. The maximum atomic E-state index is 12.5. The number of hydrogen-bond acceptors (Lipinski definition) is 3. The topological polar surface area (TPSA) is 45.9 Å². The van der Waals surface area contributed by atoms with Gasteiger partial charge in [-0.05, 0) is 0 Å². The van der Waals surface area contributed by atoms with Crippen LogP contribution in [-0.4, -0.2) is 12.1 Å². The van der Waals surface area contributed by atoms with Crippen molar-refractivity contribution in [2.24, 2.45) is 0 Å². The quantitative estimate of drug-likeness (QED) is 0.760. The van der Waals surface area contributed by atoms with Crippen molar-refractivity contribution in [3.8, 4) is 11.8 Å². The zero-order chi connectivity index (χ0) is 13.2. The standard InChI is InChI=1S/C9H5F5N2O/c1-17-5-2-6(9(12,13)14)16-4(3-15)7(5)8(10)11/h2,8H,1H3. The van der Waals surface area contributed by atoms with Gasteiger partial charge in [0.2, 0.25) is 0 Å². The fourth-order valence-electron chi connectivity index (χ4n) is 1.14. The molecule has 0 N–H and O–H groups in total. The van der Waals surface area contributed by atoms with Crippen LogP contribution in [0.5, 0.6) is 5.75 Å². The van der Waals surface area contributed by atoms with Gasteiger partial charge in [0.15, 0.2) is 5.69 Å². The Bertz CT molecular complexity index is 464. The van der Waals surface area contributed by atoms with E-state index < -0.39 is 35.3 Å². The summed E-state index contributed by atoms with van der Waals surface area (Å²) in [5.74, 6) is -0.709. The Morgan fingerprint density at radius 3 is 2.35 bits per heavy atom. The SMILES string of the molecule is COc1cc(C(F)(F)F)nc(C#N)c1C(F)F. The van der Waals surface area contributed by atoms with Crippen LogP contribution in [0.3, 0.4) is 0 Å². The highest BCUT2D eigenvalue weighted by molar-refractivity contribution is 5.45. The monoisotopic (exact) mass is 252 g/mol. The fourth-order valence-corrected chi connectivity index (χ4v) is 1.14. The third-order valence-corrected chi connectivity index (χ3v) is 1.86. The van der Waals surface area contributed by atoms with Crippen LogP contribution in [0.2, 0.25) is 0 Å². The molecule has 0 unspecified atom stereocenters. The first kappa shape index (κ1) is 13.2. The minimum absolute atomic E-state index is 0.336. The largest absolute Gasteiger partial charge is 0.496 e. The van der Waals surface area contributed by atoms with Gasteiger partial charge in [-0.3, -0.25) is 0 Å². The lowest BCUT2D eigenvalue weighted by Gasteiger charge is -2.12. The molecule has 0 atom stereocenters. The third kappa shape index (κ3) is 2.61. The molecule has 0 aromatic carbocycles. The van der Waals surface area contributed by atoms with Crippen LogP contribution in [0.4, 0.5) is 22.0 Å². The second-order valence-corrected chi connectivity index (χ2v) is 2.88. The number of hydrogen-bond donors (Lipinski definition) is 0. The van der Waals surface area contributed by atoms with Gasteiger partial charge in [-0.15, -0.1) is 0 Å². The van der Waals surface area contributed by atoms with Crippen molar-refractivity contribution < 1.29 is 26.7 Å². The van der Waals surface area contributed by atoms with Crippen molar-refractivity contribution in [2.45, 2.75) is 12.6 Å². The van der Waals surface area contributed by atoms with Gasteiger partial charge in [-0.25, -0.2) is 13.8 Å². The van der Waals surface area contributed by atoms with E-state index in [4.69, 9.17) is 5.26 Å². The van der Waals surface area contributed by atoms with E-state index in [1.54, 1.807) is 0 Å². The molecule has 3 nitrogen and oxygen atoms in total. The Kier molecular flexibility index (Phi) is 3.50. The van der Waals surface area contributed by atoms with Crippen LogP contribution in [0.1, 0.15) is 23.4 Å². The maximum absolute atomic E-state index is 12.5. The Hall–Kier alpha value is -1.91. The molecular formula is C9H5F5N2O. The Morgan fingerprint density at radius 1 is 1.41 bits per heavy atom. The van der Waals surface area contributed by atoms with Crippen LogP contribution in [0.15, 0.2) is 6.07 Å². The molecule has 0 saturated heterocycles. The number of pyridine rings is 1. The highest BCUT2D eigenvalue weighted by atomic mass is 19.4. The minimum Gasteiger partial charge on any atom is -0.496 e. The fraction of sp³-hybridized carbons (Fsp3) is 0.333. The van der Waals surface area contributed by atoms with E-state index in [-0.39, 0.29) is 0 Å². The molecule has 0 bridgehead atoms. The summed E-state index contributed by atoms with van der Waals surface area (Å²) in [6, 6.07) is 1.53. The zero-order valence-corrected chi connectivity index (χ0v) is 8.35. The molecular weight excluding hydrogens is 247 g/mol. The molecule has 0 radical (unpaired) electrons. The van der Waals surface area contributed by atoms with Crippen LogP contribution < -0.4 is 4.74 Å². The molecule has 1 aromatic heterocycles. The highest BCUT2D eigenvalue weighted by Crippen LogP contribution is 2.36. The van der Waals surface area contributed by atoms with Crippen LogP contribution in [0, 0.1) is 11.3 Å². The number of ether oxygens (including phenoxy) is 1. The average Bonchev–Trinajstić information content (AvgIpc) is 2.25. The molecule has 0 saturated carbocycles. The van der Waals surface area contributed by atoms with Crippen molar-refractivity contribution in [3.63, 3.8) is 0 Å². The number of rotatable bonds is 2. The van der Waals surface area contributed by atoms with Gasteiger partial charge in [0, 0.05) is 6.07 Å². The number of alkyl halides is 5. The predicted octanol–water partition coefficient (Wildman–Crippen LogP) is 2.92. The number of aromatic nitrogens is 1. The van der Waals surface area contributed by atoms with E-state index in [9.17, 15) is 22.0 Å². The second kappa shape index (κ2) is 4.53. The molecule has 0 amide bonds. The molecule has 0 aliphatic rings. The first-order chi connectivity index (χ1) is 7.81. The smallest absolute Gasteiger partial charge is 0.433 e. The van der Waals surface area contributed by atoms with Crippen molar-refractivity contribution >= 4 is 0 Å². The van der Waals surface area contributed by atoms with Crippen molar-refractivity contribution in [1.82, 2.24) is 4.98 Å². The van der Waals surface area contributed by atoms with Gasteiger partial charge in [0.05, 0.1) is 12.7 Å². The summed E-state index contributed by atoms with van der Waals surface area (Å²) in [7, 11) is 0.933. The Balaban J connectivity index is 3.52. The molecule has 8 heteroatoms. The van der Waals surface area contributed by atoms with Crippen molar-refractivity contribution in [2.75, 3.05) is 7.11 Å². The lowest BCUT2D eigenvalue weighted by Crippen LogP contribution is -2.11. The van der Waals surface area contributed by atoms with Crippen molar-refractivity contribution in [1.29, 1.82) is 5.26 Å². The number of methoxy groups -OCH3 is 1. The van der Waals surface area contributed by atoms with Crippen LogP contribution in [0.25, 0.3) is 0 Å². The summed E-state index contributed by atoms with van der Waals surface area (Å²) < 4.78 is 66.5. The molecule has 0 fully saturated rings. The van der Waals surface area contributed by atoms with Gasteiger partial charge in [0.25, 0.3) is 6.43 Å². The number of halogens is 5. The van der Waals surface area contributed by atoms with E-state index in [2.05, 4.69) is 9.72 Å². The molecule has 0 aliphatic heterocycles. The lowest BCUT2D eigenvalue weighted by atomic mass is 10.1. The Labute approximate surface area is 92.4 Å². The zero-order valence-electron chi connectivity index (χ0n) is 8.35. The summed E-state index contributed by atoms with van der Waals surface area (Å²) in [6.07, 6.45) is -7.98. The first-order valence-electron chi connectivity index (χ1n) is 4.15. The van der Waals surface area contributed by atoms with Crippen LogP contribution >= 0.6 is 0 Å². The lowest BCUT2D eigenvalue weighted by molar-refractivity contribution is -0.141. The van der Waals surface area contributed by atoms with E-state index in [0.717, 1.165) is 7.11 Å². The number of nitrogens with zero attached hydrogens (tertiary/aromatic N) is 2. The minimum atomic E-state index is -4.83. The molecule has 0 spiro atoms. The van der Waals surface area contributed by atoms with E-state index in [0.29, 0.717) is 6.07 Å². The van der Waals surface area contributed by atoms with Gasteiger partial charge in [-0.1, -0.05) is 0 Å². The van der Waals surface area contributed by atoms with Crippen LogP contribution in [-0.2, 0) is 6.18 Å². The molecule has 0 aliphatic carbocycles. The van der Waals surface area contributed by atoms with Gasteiger partial charge in [0.1, 0.15) is 17.5 Å². The summed E-state index contributed by atoms with van der Waals surface area (Å²) in [5.41, 5.74) is -3.38. The summed E-state index contributed by atoms with van der Waals surface area (Å²) in [6.45, 7) is 0. The molecule has 1 heterocycles. The predicted molar refractivity (Wildman–Crippen MR) is 45.5 cm³/mol. The van der Waals surface area contributed by atoms with E-state index in [1.165, 1.54) is 6.07 Å². The summed E-state index contributed by atoms with van der Waals surface area (Å²) in [4.78, 5) is 2.85. The molecule has 17 heavy (non-hydrogen) atoms. The highest BCUT2D eigenvalue weighted by Gasteiger charge is 2.35. The second-order valence-electron chi connectivity index (χ2n) is 2.88. The third-order valence-electron chi connectivity index (χ3n) is 1.86. The molecule has 1 rings (SSSR count). The van der Waals surface area contributed by atoms with Crippen molar-refractivity contribution in [3.05, 3.63) is 23.0 Å².